The Morgan fingerprint density at radius 3 is 2.35 bits per heavy atom. The van der Waals surface area contributed by atoms with E-state index >= 15 is 0 Å². The largest absolute Gasteiger partial charge is 0.333 e. The molecule has 0 heterocycles. The molecule has 0 radical (unpaired) electrons. The Kier molecular flexibility index (Phi) is 5.59. The highest BCUT2D eigenvalue weighted by atomic mass is 79.9. The van der Waals surface area contributed by atoms with Crippen LogP contribution in [-0.4, -0.2) is 17.5 Å². The molecule has 0 unspecified atom stereocenters. The minimum atomic E-state index is -0.416. The molecule has 2 amide bonds. The van der Waals surface area contributed by atoms with Crippen LogP contribution in [0.3, 0.4) is 0 Å². The fraction of sp³-hybridized carbons (Fsp3) is 0.385. The number of amides is 2. The van der Waals surface area contributed by atoms with Crippen molar-refractivity contribution in [2.75, 3.05) is 5.32 Å². The maximum absolute atomic E-state index is 11.7. The highest BCUT2D eigenvalue weighted by Gasteiger charge is 2.15. The molecule has 110 valence electrons. The summed E-state index contributed by atoms with van der Waals surface area (Å²) in [5.74, 6) is -0.0853. The second-order valence-corrected chi connectivity index (χ2v) is 7.18. The molecule has 0 fully saturated rings. The van der Waals surface area contributed by atoms with Gasteiger partial charge in [0.15, 0.2) is 0 Å². The van der Waals surface area contributed by atoms with Crippen LogP contribution < -0.4 is 16.0 Å². The normalized spacial score (nSPS) is 10.9. The summed E-state index contributed by atoms with van der Waals surface area (Å²) < 4.78 is 1.75. The van der Waals surface area contributed by atoms with Crippen molar-refractivity contribution < 1.29 is 4.79 Å². The molecule has 0 saturated carbocycles. The van der Waals surface area contributed by atoms with Gasteiger partial charge in [0, 0.05) is 14.5 Å². The molecule has 1 aromatic rings. The van der Waals surface area contributed by atoms with E-state index in [9.17, 15) is 4.79 Å². The Balaban J connectivity index is 2.70. The number of aryl methyl sites for hydroxylation is 1. The number of halogens is 2. The van der Waals surface area contributed by atoms with E-state index in [2.05, 4.69) is 47.8 Å². The van der Waals surface area contributed by atoms with Gasteiger partial charge in [-0.3, -0.25) is 10.7 Å². The molecule has 1 aromatic carbocycles. The Morgan fingerprint density at radius 1 is 1.25 bits per heavy atom. The number of hydrogen-bond donors (Lipinski definition) is 4. The second kappa shape index (κ2) is 6.58. The molecule has 0 aliphatic rings. The third-order valence-corrected chi connectivity index (χ3v) is 3.31. The average molecular weight is 406 g/mol. The van der Waals surface area contributed by atoms with Gasteiger partial charge in [0.2, 0.25) is 5.96 Å². The van der Waals surface area contributed by atoms with Crippen LogP contribution in [0.5, 0.6) is 0 Å². The first-order chi connectivity index (χ1) is 9.08. The summed E-state index contributed by atoms with van der Waals surface area (Å²) in [6, 6.07) is 3.38. The summed E-state index contributed by atoms with van der Waals surface area (Å²) in [6.45, 7) is 7.54. The number of hydrogen-bond acceptors (Lipinski definition) is 2. The molecule has 0 spiro atoms. The first-order valence-electron chi connectivity index (χ1n) is 5.99. The number of benzene rings is 1. The lowest BCUT2D eigenvalue weighted by molar-refractivity contribution is 0.236. The summed E-state index contributed by atoms with van der Waals surface area (Å²) in [6.07, 6.45) is 0. The van der Waals surface area contributed by atoms with Crippen LogP contribution in [0.4, 0.5) is 10.5 Å². The average Bonchev–Trinajstić information content (AvgIpc) is 2.20. The van der Waals surface area contributed by atoms with Gasteiger partial charge >= 0.3 is 6.03 Å². The van der Waals surface area contributed by atoms with Crippen LogP contribution in [0.2, 0.25) is 0 Å². The van der Waals surface area contributed by atoms with Crippen LogP contribution in [0.1, 0.15) is 26.3 Å². The lowest BCUT2D eigenvalue weighted by Crippen LogP contribution is -2.49. The standard InChI is InChI=1S/C13H18Br2N4O/c1-7-5-8(14)6-9(15)10(7)17-11(16)18-12(20)19-13(2,3)4/h5-6H,1-4H3,(H4,16,17,18,19,20). The summed E-state index contributed by atoms with van der Waals surface area (Å²) in [5, 5.41) is 15.8. The van der Waals surface area contributed by atoms with E-state index in [0.717, 1.165) is 20.2 Å². The van der Waals surface area contributed by atoms with Crippen molar-refractivity contribution in [3.05, 3.63) is 26.6 Å². The molecule has 0 aliphatic carbocycles. The minimum Gasteiger partial charge on any atom is -0.333 e. The van der Waals surface area contributed by atoms with E-state index in [1.54, 1.807) is 0 Å². The highest BCUT2D eigenvalue weighted by molar-refractivity contribution is 9.11. The fourth-order valence-electron chi connectivity index (χ4n) is 1.50. The number of nitrogens with one attached hydrogen (secondary N) is 4. The SMILES string of the molecule is Cc1cc(Br)cc(Br)c1NC(=N)NC(=O)NC(C)(C)C. The predicted octanol–water partition coefficient (Wildman–Crippen LogP) is 3.96. The van der Waals surface area contributed by atoms with E-state index in [0.29, 0.717) is 0 Å². The van der Waals surface area contributed by atoms with Gasteiger partial charge in [-0.2, -0.15) is 0 Å². The van der Waals surface area contributed by atoms with E-state index in [1.807, 2.05) is 39.8 Å². The molecule has 0 saturated heterocycles. The van der Waals surface area contributed by atoms with Gasteiger partial charge in [-0.25, -0.2) is 4.79 Å². The molecule has 5 nitrogen and oxygen atoms in total. The molecular formula is C13H18Br2N4O. The van der Waals surface area contributed by atoms with Crippen molar-refractivity contribution in [1.82, 2.24) is 10.6 Å². The van der Waals surface area contributed by atoms with Gasteiger partial charge in [0.1, 0.15) is 0 Å². The van der Waals surface area contributed by atoms with Gasteiger partial charge in [0.25, 0.3) is 0 Å². The van der Waals surface area contributed by atoms with Crippen molar-refractivity contribution in [3.8, 4) is 0 Å². The molecular weight excluding hydrogens is 388 g/mol. The van der Waals surface area contributed by atoms with Crippen molar-refractivity contribution in [3.63, 3.8) is 0 Å². The molecule has 0 aliphatic heterocycles. The number of anilines is 1. The zero-order valence-electron chi connectivity index (χ0n) is 11.8. The summed E-state index contributed by atoms with van der Waals surface area (Å²) in [5.41, 5.74) is 1.35. The number of guanidine groups is 1. The Bertz CT molecular complexity index is 515. The van der Waals surface area contributed by atoms with E-state index in [-0.39, 0.29) is 11.5 Å². The summed E-state index contributed by atoms with van der Waals surface area (Å²) in [7, 11) is 0. The molecule has 7 heteroatoms. The lowest BCUT2D eigenvalue weighted by atomic mass is 10.1. The van der Waals surface area contributed by atoms with Crippen LogP contribution in [0, 0.1) is 12.3 Å². The predicted molar refractivity (Wildman–Crippen MR) is 89.3 cm³/mol. The Hall–Kier alpha value is -1.08. The maximum Gasteiger partial charge on any atom is 0.321 e. The van der Waals surface area contributed by atoms with Crippen LogP contribution in [0.15, 0.2) is 21.1 Å². The first-order valence-corrected chi connectivity index (χ1v) is 7.57. The topological polar surface area (TPSA) is 77.0 Å². The van der Waals surface area contributed by atoms with Crippen LogP contribution >= 0.6 is 31.9 Å². The minimum absolute atomic E-state index is 0.0853. The van der Waals surface area contributed by atoms with Crippen LogP contribution in [-0.2, 0) is 0 Å². The first kappa shape index (κ1) is 17.0. The second-order valence-electron chi connectivity index (χ2n) is 5.41. The Morgan fingerprint density at radius 2 is 1.85 bits per heavy atom. The van der Waals surface area contributed by atoms with Gasteiger partial charge in [0.05, 0.1) is 5.69 Å². The van der Waals surface area contributed by atoms with Gasteiger partial charge in [-0.1, -0.05) is 15.9 Å². The molecule has 1 rings (SSSR count). The van der Waals surface area contributed by atoms with Crippen molar-refractivity contribution in [2.45, 2.75) is 33.2 Å². The molecule has 0 aromatic heterocycles. The number of urea groups is 1. The zero-order valence-corrected chi connectivity index (χ0v) is 15.0. The van der Waals surface area contributed by atoms with Gasteiger partial charge < -0.3 is 10.6 Å². The third-order valence-electron chi connectivity index (χ3n) is 2.23. The fourth-order valence-corrected chi connectivity index (χ4v) is 3.04. The quantitative estimate of drug-likeness (QED) is 0.421. The van der Waals surface area contributed by atoms with Crippen molar-refractivity contribution in [1.29, 1.82) is 5.41 Å². The Labute approximate surface area is 135 Å². The number of rotatable bonds is 1. The van der Waals surface area contributed by atoms with Crippen molar-refractivity contribution >= 4 is 49.5 Å². The lowest BCUT2D eigenvalue weighted by Gasteiger charge is -2.21. The smallest absolute Gasteiger partial charge is 0.321 e. The zero-order chi connectivity index (χ0) is 15.5. The highest BCUT2D eigenvalue weighted by Crippen LogP contribution is 2.29. The number of carbonyl (C=O) groups excluding carboxylic acids is 1. The summed E-state index contributed by atoms with van der Waals surface area (Å²) in [4.78, 5) is 11.7. The van der Waals surface area contributed by atoms with Crippen LogP contribution in [0.25, 0.3) is 0 Å². The van der Waals surface area contributed by atoms with E-state index in [1.165, 1.54) is 0 Å². The number of carbonyl (C=O) groups is 1. The third kappa shape index (κ3) is 5.50. The van der Waals surface area contributed by atoms with Gasteiger partial charge in [-0.15, -0.1) is 0 Å². The molecule has 4 N–H and O–H groups in total. The molecule has 20 heavy (non-hydrogen) atoms. The summed E-state index contributed by atoms with van der Waals surface area (Å²) >= 11 is 6.82. The van der Waals surface area contributed by atoms with Crippen molar-refractivity contribution in [2.24, 2.45) is 0 Å². The van der Waals surface area contributed by atoms with Gasteiger partial charge in [-0.05, 0) is 61.3 Å². The molecule has 0 bridgehead atoms. The monoisotopic (exact) mass is 404 g/mol. The van der Waals surface area contributed by atoms with E-state index in [4.69, 9.17) is 5.41 Å². The van der Waals surface area contributed by atoms with E-state index < -0.39 is 6.03 Å². The molecule has 0 atom stereocenters. The maximum atomic E-state index is 11.7.